The largest absolute Gasteiger partial charge is 0.490 e. The molecule has 1 fully saturated rings. The Balaban J connectivity index is 2.03. The predicted molar refractivity (Wildman–Crippen MR) is 136 cm³/mol. The number of carbonyl (C=O) groups excluding carboxylic acids is 2. The Labute approximate surface area is 209 Å². The molecule has 1 aliphatic rings. The fourth-order valence-corrected chi connectivity index (χ4v) is 4.12. The van der Waals surface area contributed by atoms with E-state index < -0.39 is 17.8 Å². The molecule has 0 unspecified atom stereocenters. The molecule has 2 N–H and O–H groups in total. The van der Waals surface area contributed by atoms with Crippen LogP contribution in [0.4, 0.5) is 5.69 Å². The number of thiocarbonyl (C=S) groups is 1. The Hall–Kier alpha value is -3.25. The Morgan fingerprint density at radius 2 is 2.03 bits per heavy atom. The van der Waals surface area contributed by atoms with Crippen molar-refractivity contribution in [2.75, 3.05) is 18.1 Å². The van der Waals surface area contributed by atoms with Crippen molar-refractivity contribution >= 4 is 69.5 Å². The molecule has 0 atom stereocenters. The van der Waals surface area contributed by atoms with E-state index in [4.69, 9.17) is 21.7 Å². The molecule has 0 aromatic heterocycles. The minimum absolute atomic E-state index is 0.0171. The van der Waals surface area contributed by atoms with Gasteiger partial charge in [0.1, 0.15) is 12.2 Å². The molecule has 8 nitrogen and oxygen atoms in total. The summed E-state index contributed by atoms with van der Waals surface area (Å²) in [7, 11) is 0. The first-order valence-electron chi connectivity index (χ1n) is 9.71. The van der Waals surface area contributed by atoms with Crippen molar-refractivity contribution in [1.29, 1.82) is 0 Å². The van der Waals surface area contributed by atoms with Crippen molar-refractivity contribution in [3.05, 3.63) is 69.3 Å². The first-order valence-corrected chi connectivity index (χ1v) is 11.2. The molecule has 1 heterocycles. The topological polar surface area (TPSA) is 105 Å². The standard InChI is InChI=1S/C23H19IN2O6S/c1-3-8-32-19-17(24)10-13(11-18(19)31-4-2)9-16-20(27)25-23(33)26(21(16)28)15-7-5-6-14(12-15)22(29)30/h3,5-7,9-12H,1,4,8H2,2H3,(H,29,30)(H,25,27,33). The van der Waals surface area contributed by atoms with Crippen molar-refractivity contribution in [1.82, 2.24) is 5.32 Å². The highest BCUT2D eigenvalue weighted by Gasteiger charge is 2.34. The van der Waals surface area contributed by atoms with E-state index in [1.54, 1.807) is 18.2 Å². The number of hydrogen-bond donors (Lipinski definition) is 2. The van der Waals surface area contributed by atoms with Gasteiger partial charge in [0, 0.05) is 0 Å². The van der Waals surface area contributed by atoms with Gasteiger partial charge in [0.05, 0.1) is 21.4 Å². The SMILES string of the molecule is C=CCOc1c(I)cc(C=C2C(=O)NC(=S)N(c3cccc(C(=O)O)c3)C2=O)cc1OCC. The molecule has 1 saturated heterocycles. The van der Waals surface area contributed by atoms with Crippen LogP contribution in [0.25, 0.3) is 6.08 Å². The average Bonchev–Trinajstić information content (AvgIpc) is 2.76. The summed E-state index contributed by atoms with van der Waals surface area (Å²) in [5.74, 6) is -1.49. The van der Waals surface area contributed by atoms with Crippen molar-refractivity contribution in [2.24, 2.45) is 0 Å². The van der Waals surface area contributed by atoms with Crippen LogP contribution >= 0.6 is 34.8 Å². The van der Waals surface area contributed by atoms with E-state index in [0.717, 1.165) is 8.47 Å². The fourth-order valence-electron chi connectivity index (χ4n) is 3.05. The van der Waals surface area contributed by atoms with Gasteiger partial charge < -0.3 is 14.6 Å². The van der Waals surface area contributed by atoms with Gasteiger partial charge in [-0.15, -0.1) is 0 Å². The number of aromatic carboxylic acids is 1. The zero-order valence-electron chi connectivity index (χ0n) is 17.5. The van der Waals surface area contributed by atoms with E-state index in [0.29, 0.717) is 30.3 Å². The van der Waals surface area contributed by atoms with Crippen LogP contribution in [-0.2, 0) is 9.59 Å². The van der Waals surface area contributed by atoms with Crippen LogP contribution in [0.15, 0.2) is 54.6 Å². The maximum atomic E-state index is 13.2. The molecule has 0 aliphatic carbocycles. The van der Waals surface area contributed by atoms with Gasteiger partial charge in [-0.3, -0.25) is 19.8 Å². The highest BCUT2D eigenvalue weighted by molar-refractivity contribution is 14.1. The number of carbonyl (C=O) groups is 3. The van der Waals surface area contributed by atoms with Gasteiger partial charge in [-0.1, -0.05) is 18.7 Å². The van der Waals surface area contributed by atoms with Crippen LogP contribution in [0, 0.1) is 3.57 Å². The van der Waals surface area contributed by atoms with Crippen molar-refractivity contribution in [3.8, 4) is 11.5 Å². The zero-order valence-corrected chi connectivity index (χ0v) is 20.4. The molecule has 170 valence electrons. The number of hydrogen-bond acceptors (Lipinski definition) is 6. The maximum Gasteiger partial charge on any atom is 0.335 e. The van der Waals surface area contributed by atoms with Crippen LogP contribution in [0.2, 0.25) is 0 Å². The van der Waals surface area contributed by atoms with Gasteiger partial charge >= 0.3 is 5.97 Å². The summed E-state index contributed by atoms with van der Waals surface area (Å²) in [6.45, 7) is 6.15. The number of amides is 2. The lowest BCUT2D eigenvalue weighted by atomic mass is 10.1. The fraction of sp³-hybridized carbons (Fsp3) is 0.130. The first-order chi connectivity index (χ1) is 15.8. The quantitative estimate of drug-likeness (QED) is 0.162. The summed E-state index contributed by atoms with van der Waals surface area (Å²) in [5, 5.41) is 11.6. The van der Waals surface area contributed by atoms with Crippen LogP contribution in [0.3, 0.4) is 0 Å². The van der Waals surface area contributed by atoms with Gasteiger partial charge in [-0.05, 0) is 83.7 Å². The van der Waals surface area contributed by atoms with E-state index in [2.05, 4.69) is 34.5 Å². The molecule has 33 heavy (non-hydrogen) atoms. The van der Waals surface area contributed by atoms with Gasteiger partial charge in [0.2, 0.25) is 0 Å². The van der Waals surface area contributed by atoms with Crippen molar-refractivity contribution in [3.63, 3.8) is 0 Å². The predicted octanol–water partition coefficient (Wildman–Crippen LogP) is 3.78. The zero-order chi connectivity index (χ0) is 24.1. The second kappa shape index (κ2) is 10.6. The smallest absolute Gasteiger partial charge is 0.335 e. The summed E-state index contributed by atoms with van der Waals surface area (Å²) < 4.78 is 12.1. The summed E-state index contributed by atoms with van der Waals surface area (Å²) >= 11 is 7.26. The normalized spacial score (nSPS) is 14.8. The van der Waals surface area contributed by atoms with E-state index in [9.17, 15) is 19.5 Å². The minimum atomic E-state index is -1.15. The van der Waals surface area contributed by atoms with Gasteiger partial charge in [-0.2, -0.15) is 0 Å². The number of rotatable bonds is 8. The molecule has 2 amide bonds. The Bertz CT molecular complexity index is 1190. The molecule has 1 aliphatic heterocycles. The third-order valence-corrected chi connectivity index (χ3v) is 5.53. The molecule has 2 aromatic carbocycles. The van der Waals surface area contributed by atoms with Crippen molar-refractivity contribution < 1.29 is 29.0 Å². The molecule has 0 bridgehead atoms. The average molecular weight is 578 g/mol. The lowest BCUT2D eigenvalue weighted by Crippen LogP contribution is -2.54. The van der Waals surface area contributed by atoms with E-state index in [1.807, 2.05) is 6.92 Å². The number of anilines is 1. The molecule has 2 aromatic rings. The molecule has 10 heteroatoms. The van der Waals surface area contributed by atoms with Crippen LogP contribution in [0.5, 0.6) is 11.5 Å². The van der Waals surface area contributed by atoms with E-state index in [-0.39, 0.29) is 21.9 Å². The summed E-state index contributed by atoms with van der Waals surface area (Å²) in [5.41, 5.74) is 0.590. The molecule has 0 radical (unpaired) electrons. The molecular weight excluding hydrogens is 559 g/mol. The highest BCUT2D eigenvalue weighted by Crippen LogP contribution is 2.35. The van der Waals surface area contributed by atoms with Gasteiger partial charge in [-0.25, -0.2) is 4.79 Å². The number of ether oxygens (including phenoxy) is 2. The third kappa shape index (κ3) is 5.40. The Morgan fingerprint density at radius 3 is 2.70 bits per heavy atom. The summed E-state index contributed by atoms with van der Waals surface area (Å²) in [4.78, 5) is 38.2. The Morgan fingerprint density at radius 1 is 1.27 bits per heavy atom. The van der Waals surface area contributed by atoms with Crippen molar-refractivity contribution in [2.45, 2.75) is 6.92 Å². The van der Waals surface area contributed by atoms with E-state index >= 15 is 0 Å². The molecule has 0 spiro atoms. The van der Waals surface area contributed by atoms with Crippen LogP contribution < -0.4 is 19.7 Å². The number of halogens is 1. The minimum Gasteiger partial charge on any atom is -0.490 e. The number of carboxylic acids is 1. The summed E-state index contributed by atoms with van der Waals surface area (Å²) in [6, 6.07) is 9.15. The lowest BCUT2D eigenvalue weighted by molar-refractivity contribution is -0.122. The monoisotopic (exact) mass is 578 g/mol. The number of nitrogens with one attached hydrogen (secondary N) is 1. The molecule has 3 rings (SSSR count). The number of carboxylic acid groups (broad SMARTS) is 1. The summed E-state index contributed by atoms with van der Waals surface area (Å²) in [6.07, 6.45) is 3.04. The second-order valence-corrected chi connectivity index (χ2v) is 8.22. The lowest BCUT2D eigenvalue weighted by Gasteiger charge is -2.29. The third-order valence-electron chi connectivity index (χ3n) is 4.44. The van der Waals surface area contributed by atoms with Gasteiger partial charge in [0.15, 0.2) is 16.6 Å². The van der Waals surface area contributed by atoms with Crippen LogP contribution in [-0.4, -0.2) is 41.2 Å². The maximum absolute atomic E-state index is 13.2. The second-order valence-electron chi connectivity index (χ2n) is 6.68. The molecule has 0 saturated carbocycles. The number of nitrogens with zero attached hydrogens (tertiary/aromatic N) is 1. The highest BCUT2D eigenvalue weighted by atomic mass is 127. The first kappa shape index (κ1) is 24.4. The van der Waals surface area contributed by atoms with Crippen LogP contribution in [0.1, 0.15) is 22.8 Å². The van der Waals surface area contributed by atoms with E-state index in [1.165, 1.54) is 30.3 Å². The Kier molecular flexibility index (Phi) is 7.82. The molecular formula is C23H19IN2O6S. The number of benzene rings is 2. The van der Waals surface area contributed by atoms with Gasteiger partial charge in [0.25, 0.3) is 11.8 Å².